The zero-order chi connectivity index (χ0) is 16.7. The number of carbonyl (C=O) groups excluding carboxylic acids is 2. The van der Waals surface area contributed by atoms with Crippen molar-refractivity contribution in [2.24, 2.45) is 0 Å². The molecule has 0 bridgehead atoms. The van der Waals surface area contributed by atoms with E-state index in [1.54, 1.807) is 29.1 Å². The van der Waals surface area contributed by atoms with E-state index in [1.807, 2.05) is 12.3 Å². The Bertz CT molecular complexity index is 673. The van der Waals surface area contributed by atoms with Gasteiger partial charge in [0.15, 0.2) is 0 Å². The van der Waals surface area contributed by atoms with Crippen LogP contribution in [0.25, 0.3) is 0 Å². The third-order valence-corrected chi connectivity index (χ3v) is 3.37. The molecule has 0 spiro atoms. The van der Waals surface area contributed by atoms with Crippen LogP contribution in [0.5, 0.6) is 5.75 Å². The summed E-state index contributed by atoms with van der Waals surface area (Å²) in [6.45, 7) is 1.04. The van der Waals surface area contributed by atoms with Gasteiger partial charge in [-0.3, -0.25) is 14.3 Å². The Labute approximate surface area is 138 Å². The van der Waals surface area contributed by atoms with E-state index in [4.69, 9.17) is 16.3 Å². The van der Waals surface area contributed by atoms with E-state index in [1.165, 1.54) is 7.11 Å². The molecular weight excluding hydrogens is 320 g/mol. The summed E-state index contributed by atoms with van der Waals surface area (Å²) >= 11 is 5.97. The van der Waals surface area contributed by atoms with Crippen LogP contribution in [0.3, 0.4) is 0 Å². The molecule has 0 saturated carbocycles. The van der Waals surface area contributed by atoms with E-state index < -0.39 is 11.8 Å². The van der Waals surface area contributed by atoms with Crippen molar-refractivity contribution in [1.82, 2.24) is 15.1 Å². The molecule has 2 aromatic rings. The summed E-state index contributed by atoms with van der Waals surface area (Å²) in [6.07, 6.45) is 4.18. The van der Waals surface area contributed by atoms with Crippen molar-refractivity contribution < 1.29 is 14.3 Å². The predicted octanol–water partition coefficient (Wildman–Crippen LogP) is 1.69. The summed E-state index contributed by atoms with van der Waals surface area (Å²) in [5, 5.41) is 9.38. The fourth-order valence-corrected chi connectivity index (χ4v) is 2.03. The lowest BCUT2D eigenvalue weighted by Crippen LogP contribution is -2.36. The Hall–Kier alpha value is -2.54. The van der Waals surface area contributed by atoms with Gasteiger partial charge in [0.05, 0.1) is 17.8 Å². The Kier molecular flexibility index (Phi) is 5.99. The summed E-state index contributed by atoms with van der Waals surface area (Å²) in [6, 6.07) is 6.61. The molecule has 0 atom stereocenters. The maximum atomic E-state index is 11.8. The van der Waals surface area contributed by atoms with E-state index in [9.17, 15) is 9.59 Å². The van der Waals surface area contributed by atoms with Gasteiger partial charge in [-0.05, 0) is 24.6 Å². The standard InChI is InChI=1S/C15H17ClN4O3/c1-23-11-4-5-12(16)13(10-11)19-15(22)14(21)17-6-2-8-20-9-3-7-18-20/h3-5,7,9-10H,2,6,8H2,1H3,(H,17,21)(H,19,22). The molecule has 2 amide bonds. The van der Waals surface area contributed by atoms with Gasteiger partial charge in [-0.25, -0.2) is 0 Å². The number of halogens is 1. The van der Waals surface area contributed by atoms with Crippen molar-refractivity contribution in [1.29, 1.82) is 0 Å². The number of anilines is 1. The van der Waals surface area contributed by atoms with Crippen molar-refractivity contribution in [2.45, 2.75) is 13.0 Å². The third kappa shape index (κ3) is 5.00. The Morgan fingerprint density at radius 2 is 2.17 bits per heavy atom. The normalized spacial score (nSPS) is 10.2. The highest BCUT2D eigenvalue weighted by Crippen LogP contribution is 2.26. The molecule has 0 unspecified atom stereocenters. The van der Waals surface area contributed by atoms with Crippen molar-refractivity contribution in [3.05, 3.63) is 41.7 Å². The number of nitrogens with one attached hydrogen (secondary N) is 2. The molecule has 2 rings (SSSR count). The molecule has 0 radical (unpaired) electrons. The number of benzene rings is 1. The molecule has 0 saturated heterocycles. The van der Waals surface area contributed by atoms with Crippen molar-refractivity contribution >= 4 is 29.1 Å². The van der Waals surface area contributed by atoms with Crippen LogP contribution in [0.15, 0.2) is 36.7 Å². The first-order chi connectivity index (χ1) is 11.1. The molecular formula is C15H17ClN4O3. The van der Waals surface area contributed by atoms with Gasteiger partial charge in [0.1, 0.15) is 5.75 Å². The van der Waals surface area contributed by atoms with Gasteiger partial charge in [-0.2, -0.15) is 5.10 Å². The highest BCUT2D eigenvalue weighted by molar-refractivity contribution is 6.41. The molecule has 1 aromatic heterocycles. The van der Waals surface area contributed by atoms with Crippen LogP contribution in [0.2, 0.25) is 5.02 Å². The Morgan fingerprint density at radius 3 is 2.87 bits per heavy atom. The molecule has 2 N–H and O–H groups in total. The fourth-order valence-electron chi connectivity index (χ4n) is 1.86. The topological polar surface area (TPSA) is 85.2 Å². The largest absolute Gasteiger partial charge is 0.497 e. The fraction of sp³-hybridized carbons (Fsp3) is 0.267. The van der Waals surface area contributed by atoms with Crippen molar-refractivity contribution in [3.63, 3.8) is 0 Å². The second kappa shape index (κ2) is 8.19. The van der Waals surface area contributed by atoms with Crippen LogP contribution in [0.4, 0.5) is 5.69 Å². The molecule has 0 aliphatic heterocycles. The summed E-state index contributed by atoms with van der Waals surface area (Å²) in [7, 11) is 1.50. The van der Waals surface area contributed by atoms with Crippen molar-refractivity contribution in [2.75, 3.05) is 19.0 Å². The second-order valence-electron chi connectivity index (χ2n) is 4.68. The third-order valence-electron chi connectivity index (χ3n) is 3.04. The number of amides is 2. The molecule has 7 nitrogen and oxygen atoms in total. The van der Waals surface area contributed by atoms with Gasteiger partial charge < -0.3 is 15.4 Å². The Balaban J connectivity index is 1.79. The van der Waals surface area contributed by atoms with E-state index in [0.717, 1.165) is 0 Å². The van der Waals surface area contributed by atoms with Crippen LogP contribution >= 0.6 is 11.6 Å². The number of nitrogens with zero attached hydrogens (tertiary/aromatic N) is 2. The summed E-state index contributed by atoms with van der Waals surface area (Å²) < 4.78 is 6.80. The number of hydrogen-bond acceptors (Lipinski definition) is 4. The number of methoxy groups -OCH3 is 1. The first-order valence-electron chi connectivity index (χ1n) is 7.00. The summed E-state index contributed by atoms with van der Waals surface area (Å²) in [4.78, 5) is 23.6. The highest BCUT2D eigenvalue weighted by atomic mass is 35.5. The monoisotopic (exact) mass is 336 g/mol. The quantitative estimate of drug-likeness (QED) is 0.621. The van der Waals surface area contributed by atoms with Crippen LogP contribution in [0.1, 0.15) is 6.42 Å². The van der Waals surface area contributed by atoms with E-state index >= 15 is 0 Å². The predicted molar refractivity (Wildman–Crippen MR) is 86.5 cm³/mol. The Morgan fingerprint density at radius 1 is 1.35 bits per heavy atom. The van der Waals surface area contributed by atoms with Crippen LogP contribution < -0.4 is 15.4 Å². The average molecular weight is 337 g/mol. The maximum Gasteiger partial charge on any atom is 0.313 e. The zero-order valence-electron chi connectivity index (χ0n) is 12.6. The van der Waals surface area contributed by atoms with Gasteiger partial charge in [-0.15, -0.1) is 0 Å². The number of aryl methyl sites for hydroxylation is 1. The van der Waals surface area contributed by atoms with Crippen LogP contribution in [-0.4, -0.2) is 35.2 Å². The minimum absolute atomic E-state index is 0.322. The minimum Gasteiger partial charge on any atom is -0.497 e. The summed E-state index contributed by atoms with van der Waals surface area (Å²) in [5.41, 5.74) is 0.322. The first-order valence-corrected chi connectivity index (χ1v) is 7.38. The van der Waals surface area contributed by atoms with Crippen LogP contribution in [-0.2, 0) is 16.1 Å². The van der Waals surface area contributed by atoms with Gasteiger partial charge in [0.25, 0.3) is 0 Å². The van der Waals surface area contributed by atoms with Crippen LogP contribution in [0, 0.1) is 0 Å². The smallest absolute Gasteiger partial charge is 0.313 e. The summed E-state index contributed by atoms with van der Waals surface area (Å²) in [5.74, 6) is -0.965. The van der Waals surface area contributed by atoms with Crippen molar-refractivity contribution in [3.8, 4) is 5.75 Å². The lowest BCUT2D eigenvalue weighted by molar-refractivity contribution is -0.136. The SMILES string of the molecule is COc1ccc(Cl)c(NC(=O)C(=O)NCCCn2cccn2)c1. The number of aromatic nitrogens is 2. The molecule has 122 valence electrons. The zero-order valence-corrected chi connectivity index (χ0v) is 13.3. The van der Waals surface area contributed by atoms with Gasteiger partial charge >= 0.3 is 11.8 Å². The van der Waals surface area contributed by atoms with E-state index in [0.29, 0.717) is 36.0 Å². The minimum atomic E-state index is -0.778. The average Bonchev–Trinajstić information content (AvgIpc) is 3.06. The van der Waals surface area contributed by atoms with Gasteiger partial charge in [0, 0.05) is 31.5 Å². The molecule has 1 aromatic carbocycles. The molecule has 1 heterocycles. The molecule has 0 aliphatic rings. The number of ether oxygens (including phenoxy) is 1. The first kappa shape index (κ1) is 16.8. The van der Waals surface area contributed by atoms with E-state index in [-0.39, 0.29) is 0 Å². The van der Waals surface area contributed by atoms with Gasteiger partial charge in [-0.1, -0.05) is 11.6 Å². The molecule has 0 aliphatic carbocycles. The second-order valence-corrected chi connectivity index (χ2v) is 5.09. The number of hydrogen-bond donors (Lipinski definition) is 2. The molecule has 23 heavy (non-hydrogen) atoms. The maximum absolute atomic E-state index is 11.8. The lowest BCUT2D eigenvalue weighted by atomic mass is 10.3. The molecule has 8 heteroatoms. The van der Waals surface area contributed by atoms with E-state index in [2.05, 4.69) is 15.7 Å². The highest BCUT2D eigenvalue weighted by Gasteiger charge is 2.15. The van der Waals surface area contributed by atoms with Gasteiger partial charge in [0.2, 0.25) is 0 Å². The lowest BCUT2D eigenvalue weighted by Gasteiger charge is -2.09. The molecule has 0 fully saturated rings. The number of carbonyl (C=O) groups is 2. The number of rotatable bonds is 6.